The molecule has 1 heterocycles. The van der Waals surface area contributed by atoms with Gasteiger partial charge in [-0.2, -0.15) is 0 Å². The van der Waals surface area contributed by atoms with Gasteiger partial charge in [0.25, 0.3) is 0 Å². The molecule has 0 amide bonds. The first kappa shape index (κ1) is 19.6. The third-order valence-corrected chi connectivity index (χ3v) is 2.09. The van der Waals surface area contributed by atoms with Crippen molar-refractivity contribution >= 4 is 0 Å². The molecule has 0 aliphatic heterocycles. The van der Waals surface area contributed by atoms with Crippen LogP contribution in [0.1, 0.15) is 32.6 Å². The second-order valence-electron chi connectivity index (χ2n) is 3.38. The standard InChI is InChI=1S/C10H19N2.FH.2H2O/c1-3-4-5-6-7-12-9-8-11(2)10-12;;;/h8-10H,3-7H2,1-2H3;1H;2*1H2/q+1;;;/p-1. The van der Waals surface area contributed by atoms with Gasteiger partial charge in [0.2, 0.25) is 6.33 Å². The van der Waals surface area contributed by atoms with Crippen LogP contribution in [0.2, 0.25) is 0 Å². The first-order chi connectivity index (χ1) is 5.83. The Morgan fingerprint density at radius 2 is 1.80 bits per heavy atom. The van der Waals surface area contributed by atoms with Crippen molar-refractivity contribution in [1.82, 2.24) is 4.57 Å². The van der Waals surface area contributed by atoms with Crippen LogP contribution in [0, 0.1) is 0 Å². The smallest absolute Gasteiger partial charge is 0.243 e. The van der Waals surface area contributed by atoms with Crippen molar-refractivity contribution in [3.05, 3.63) is 18.7 Å². The fourth-order valence-electron chi connectivity index (χ4n) is 1.36. The predicted octanol–water partition coefficient (Wildman–Crippen LogP) is -2.75. The minimum absolute atomic E-state index is 0. The summed E-state index contributed by atoms with van der Waals surface area (Å²) in [6.07, 6.45) is 11.7. The van der Waals surface area contributed by atoms with Crippen molar-refractivity contribution in [2.24, 2.45) is 7.05 Å². The van der Waals surface area contributed by atoms with E-state index in [4.69, 9.17) is 0 Å². The maximum Gasteiger partial charge on any atom is 0.243 e. The van der Waals surface area contributed by atoms with E-state index in [1.165, 1.54) is 32.2 Å². The lowest BCUT2D eigenvalue weighted by Gasteiger charge is -1.95. The number of aromatic nitrogens is 2. The van der Waals surface area contributed by atoms with E-state index in [0.717, 1.165) is 0 Å². The van der Waals surface area contributed by atoms with Crippen molar-refractivity contribution in [2.45, 2.75) is 39.2 Å². The maximum atomic E-state index is 2.25. The summed E-state index contributed by atoms with van der Waals surface area (Å²) in [4.78, 5) is 0. The Morgan fingerprint density at radius 1 is 1.13 bits per heavy atom. The average molecular weight is 222 g/mol. The highest BCUT2D eigenvalue weighted by atomic mass is 19.0. The van der Waals surface area contributed by atoms with Gasteiger partial charge in [-0.1, -0.05) is 19.8 Å². The molecule has 0 saturated heterocycles. The van der Waals surface area contributed by atoms with E-state index < -0.39 is 0 Å². The summed E-state index contributed by atoms with van der Waals surface area (Å²) in [5.41, 5.74) is 0. The summed E-state index contributed by atoms with van der Waals surface area (Å²) in [7, 11) is 2.06. The number of aryl methyl sites for hydroxylation is 2. The van der Waals surface area contributed by atoms with Gasteiger partial charge in [-0.3, -0.25) is 0 Å². The molecule has 0 atom stereocenters. The second-order valence-corrected chi connectivity index (χ2v) is 3.38. The summed E-state index contributed by atoms with van der Waals surface area (Å²) < 4.78 is 4.33. The molecule has 15 heavy (non-hydrogen) atoms. The minimum Gasteiger partial charge on any atom is -1.00 e. The zero-order valence-electron chi connectivity index (χ0n) is 9.54. The lowest BCUT2D eigenvalue weighted by molar-refractivity contribution is -0.671. The average Bonchev–Trinajstić information content (AvgIpc) is 2.45. The number of hydrogen-bond acceptors (Lipinski definition) is 0. The Bertz CT molecular complexity index is 229. The fraction of sp³-hybridized carbons (Fsp3) is 0.700. The topological polar surface area (TPSA) is 71.8 Å². The first-order valence-corrected chi connectivity index (χ1v) is 4.84. The van der Waals surface area contributed by atoms with Crippen LogP contribution in [-0.2, 0) is 13.6 Å². The summed E-state index contributed by atoms with van der Waals surface area (Å²) in [6.45, 7) is 3.41. The molecular formula is C10H23FN2O2. The van der Waals surface area contributed by atoms with E-state index in [1.54, 1.807) is 0 Å². The Labute approximate surface area is 90.5 Å². The third-order valence-electron chi connectivity index (χ3n) is 2.09. The minimum atomic E-state index is 0. The monoisotopic (exact) mass is 222 g/mol. The van der Waals surface area contributed by atoms with Gasteiger partial charge in [0.05, 0.1) is 13.6 Å². The van der Waals surface area contributed by atoms with E-state index >= 15 is 0 Å². The van der Waals surface area contributed by atoms with E-state index in [2.05, 4.69) is 41.8 Å². The largest absolute Gasteiger partial charge is 1.00 e. The molecule has 1 aromatic heterocycles. The quantitative estimate of drug-likeness (QED) is 0.383. The molecular weight excluding hydrogens is 199 g/mol. The van der Waals surface area contributed by atoms with Gasteiger partial charge in [-0.25, -0.2) is 9.13 Å². The summed E-state index contributed by atoms with van der Waals surface area (Å²) in [5.74, 6) is 0. The van der Waals surface area contributed by atoms with Gasteiger partial charge >= 0.3 is 0 Å². The van der Waals surface area contributed by atoms with Gasteiger partial charge in [0.1, 0.15) is 12.4 Å². The molecule has 0 saturated carbocycles. The van der Waals surface area contributed by atoms with Gasteiger partial charge in [0.15, 0.2) is 0 Å². The van der Waals surface area contributed by atoms with E-state index in [0.29, 0.717) is 0 Å². The number of unbranched alkanes of at least 4 members (excludes halogenated alkanes) is 3. The lowest BCUT2D eigenvalue weighted by Crippen LogP contribution is -3.00. The zero-order chi connectivity index (χ0) is 8.81. The van der Waals surface area contributed by atoms with Crippen LogP contribution in [0.25, 0.3) is 0 Å². The number of halogens is 1. The molecule has 0 aliphatic carbocycles. The number of nitrogens with zero attached hydrogens (tertiary/aromatic N) is 2. The van der Waals surface area contributed by atoms with Gasteiger partial charge in [-0.15, -0.1) is 0 Å². The van der Waals surface area contributed by atoms with Crippen LogP contribution in [-0.4, -0.2) is 15.5 Å². The molecule has 1 rings (SSSR count). The van der Waals surface area contributed by atoms with Gasteiger partial charge in [0, 0.05) is 0 Å². The van der Waals surface area contributed by atoms with Crippen molar-refractivity contribution < 1.29 is 20.2 Å². The van der Waals surface area contributed by atoms with Crippen LogP contribution in [0.15, 0.2) is 18.7 Å². The molecule has 1 aromatic rings. The van der Waals surface area contributed by atoms with Crippen molar-refractivity contribution in [3.63, 3.8) is 0 Å². The highest BCUT2D eigenvalue weighted by molar-refractivity contribution is 4.65. The molecule has 4 nitrogen and oxygen atoms in total. The molecule has 0 spiro atoms. The number of hydrogen-bond donors (Lipinski definition) is 0. The van der Waals surface area contributed by atoms with E-state index in [9.17, 15) is 0 Å². The Morgan fingerprint density at radius 3 is 2.27 bits per heavy atom. The predicted molar refractivity (Wildman–Crippen MR) is 57.0 cm³/mol. The summed E-state index contributed by atoms with van der Waals surface area (Å²) in [5, 5.41) is 0. The molecule has 0 fully saturated rings. The molecule has 0 aromatic carbocycles. The SMILES string of the molecule is CCCCCCn1cc[n+](C)c1.O.O.[F-]. The van der Waals surface area contributed by atoms with E-state index in [1.807, 2.05) is 0 Å². The summed E-state index contributed by atoms with van der Waals surface area (Å²) >= 11 is 0. The number of imidazole rings is 1. The Hall–Kier alpha value is -0.940. The maximum absolute atomic E-state index is 2.25. The van der Waals surface area contributed by atoms with Crippen LogP contribution < -0.4 is 9.27 Å². The van der Waals surface area contributed by atoms with Crippen molar-refractivity contribution in [2.75, 3.05) is 0 Å². The molecule has 0 bridgehead atoms. The normalized spacial score (nSPS) is 8.40. The molecule has 92 valence electrons. The van der Waals surface area contributed by atoms with Crippen LogP contribution in [0.4, 0.5) is 0 Å². The van der Waals surface area contributed by atoms with Crippen LogP contribution in [0.5, 0.6) is 0 Å². The summed E-state index contributed by atoms with van der Waals surface area (Å²) in [6, 6.07) is 0. The molecule has 4 N–H and O–H groups in total. The third kappa shape index (κ3) is 8.08. The fourth-order valence-corrected chi connectivity index (χ4v) is 1.36. The molecule has 5 heteroatoms. The van der Waals surface area contributed by atoms with Crippen molar-refractivity contribution in [1.29, 1.82) is 0 Å². The molecule has 0 unspecified atom stereocenters. The van der Waals surface area contributed by atoms with Crippen LogP contribution in [0.3, 0.4) is 0 Å². The highest BCUT2D eigenvalue weighted by Gasteiger charge is 1.97. The Kier molecular flexibility index (Phi) is 14.6. The number of rotatable bonds is 5. The molecule has 0 radical (unpaired) electrons. The highest BCUT2D eigenvalue weighted by Crippen LogP contribution is 2.00. The van der Waals surface area contributed by atoms with Crippen LogP contribution >= 0.6 is 0 Å². The Balaban J connectivity index is -0.000000480. The molecule has 0 aliphatic rings. The van der Waals surface area contributed by atoms with E-state index in [-0.39, 0.29) is 15.7 Å². The zero-order valence-corrected chi connectivity index (χ0v) is 9.54. The van der Waals surface area contributed by atoms with Crippen molar-refractivity contribution in [3.8, 4) is 0 Å². The first-order valence-electron chi connectivity index (χ1n) is 4.84. The lowest BCUT2D eigenvalue weighted by atomic mass is 10.2. The second kappa shape index (κ2) is 11.1. The van der Waals surface area contributed by atoms with Gasteiger partial charge < -0.3 is 15.7 Å². The van der Waals surface area contributed by atoms with Gasteiger partial charge in [-0.05, 0) is 12.8 Å².